The molecule has 18 heavy (non-hydrogen) atoms. The summed E-state index contributed by atoms with van der Waals surface area (Å²) in [6, 6.07) is 3.36. The fourth-order valence-electron chi connectivity index (χ4n) is 2.10. The maximum atomic E-state index is 10.7. The summed E-state index contributed by atoms with van der Waals surface area (Å²) in [4.78, 5) is 14.8. The Morgan fingerprint density at radius 1 is 1.56 bits per heavy atom. The Morgan fingerprint density at radius 3 is 2.78 bits per heavy atom. The SMILES string of the molecule is CSC1(CNCc2ccc(C(=O)O)cn2)CCC1. The highest BCUT2D eigenvalue weighted by Gasteiger charge is 2.35. The van der Waals surface area contributed by atoms with E-state index in [4.69, 9.17) is 5.11 Å². The first-order valence-corrected chi connectivity index (χ1v) is 7.32. The highest BCUT2D eigenvalue weighted by Crippen LogP contribution is 2.42. The van der Waals surface area contributed by atoms with Crippen molar-refractivity contribution in [1.82, 2.24) is 10.3 Å². The third kappa shape index (κ3) is 3.03. The van der Waals surface area contributed by atoms with E-state index in [0.717, 1.165) is 12.2 Å². The maximum Gasteiger partial charge on any atom is 0.337 e. The van der Waals surface area contributed by atoms with Crippen LogP contribution >= 0.6 is 11.8 Å². The summed E-state index contributed by atoms with van der Waals surface area (Å²) in [6.45, 7) is 1.69. The predicted octanol–water partition coefficient (Wildman–Crippen LogP) is 2.16. The predicted molar refractivity (Wildman–Crippen MR) is 73.0 cm³/mol. The molecular weight excluding hydrogens is 248 g/mol. The van der Waals surface area contributed by atoms with Crippen molar-refractivity contribution >= 4 is 17.7 Å². The molecular formula is C13H18N2O2S. The summed E-state index contributed by atoms with van der Waals surface area (Å²) in [5, 5.41) is 12.2. The third-order valence-corrected chi connectivity index (χ3v) is 4.94. The number of hydrogen-bond acceptors (Lipinski definition) is 4. The molecule has 1 aromatic heterocycles. The molecule has 1 aliphatic rings. The van der Waals surface area contributed by atoms with Gasteiger partial charge in [0.05, 0.1) is 11.3 Å². The van der Waals surface area contributed by atoms with E-state index >= 15 is 0 Å². The van der Waals surface area contributed by atoms with Gasteiger partial charge in [0.15, 0.2) is 0 Å². The number of aromatic carboxylic acids is 1. The molecule has 0 atom stereocenters. The van der Waals surface area contributed by atoms with E-state index in [1.54, 1.807) is 12.1 Å². The molecule has 0 spiro atoms. The molecule has 0 amide bonds. The van der Waals surface area contributed by atoms with Crippen LogP contribution in [-0.4, -0.2) is 33.6 Å². The smallest absolute Gasteiger partial charge is 0.337 e. The molecule has 98 valence electrons. The van der Waals surface area contributed by atoms with Gasteiger partial charge in [0.2, 0.25) is 0 Å². The zero-order valence-electron chi connectivity index (χ0n) is 10.5. The highest BCUT2D eigenvalue weighted by atomic mass is 32.2. The van der Waals surface area contributed by atoms with Crippen molar-refractivity contribution in [2.24, 2.45) is 0 Å². The van der Waals surface area contributed by atoms with E-state index in [1.807, 2.05) is 11.8 Å². The van der Waals surface area contributed by atoms with Crippen LogP contribution in [0.25, 0.3) is 0 Å². The molecule has 0 bridgehead atoms. The standard InChI is InChI=1S/C13H18N2O2S/c1-18-13(5-2-6-13)9-14-8-11-4-3-10(7-15-11)12(16)17/h3-4,7,14H,2,5-6,8-9H2,1H3,(H,16,17). The third-order valence-electron chi connectivity index (χ3n) is 3.52. The van der Waals surface area contributed by atoms with Crippen LogP contribution in [0.5, 0.6) is 0 Å². The topological polar surface area (TPSA) is 62.2 Å². The Labute approximate surface area is 111 Å². The number of nitrogens with one attached hydrogen (secondary N) is 1. The lowest BCUT2D eigenvalue weighted by Crippen LogP contribution is -2.43. The van der Waals surface area contributed by atoms with Gasteiger partial charge in [-0.15, -0.1) is 0 Å². The summed E-state index contributed by atoms with van der Waals surface area (Å²) >= 11 is 1.94. The van der Waals surface area contributed by atoms with Gasteiger partial charge in [-0.2, -0.15) is 11.8 Å². The summed E-state index contributed by atoms with van der Waals surface area (Å²) in [6.07, 6.45) is 7.47. The van der Waals surface area contributed by atoms with Gasteiger partial charge >= 0.3 is 5.97 Å². The second kappa shape index (κ2) is 5.71. The first kappa shape index (κ1) is 13.4. The van der Waals surface area contributed by atoms with Crippen molar-refractivity contribution in [3.05, 3.63) is 29.6 Å². The van der Waals surface area contributed by atoms with E-state index in [0.29, 0.717) is 11.3 Å². The average Bonchev–Trinajstić information content (AvgIpc) is 2.33. The molecule has 2 rings (SSSR count). The lowest BCUT2D eigenvalue weighted by molar-refractivity contribution is 0.0696. The zero-order valence-corrected chi connectivity index (χ0v) is 11.3. The molecule has 0 saturated heterocycles. The quantitative estimate of drug-likeness (QED) is 0.826. The number of carboxylic acids is 1. The number of carboxylic acid groups (broad SMARTS) is 1. The van der Waals surface area contributed by atoms with Crippen LogP contribution in [0.1, 0.15) is 35.3 Å². The minimum atomic E-state index is -0.933. The van der Waals surface area contributed by atoms with Crippen LogP contribution in [0.3, 0.4) is 0 Å². The maximum absolute atomic E-state index is 10.7. The van der Waals surface area contributed by atoms with Gasteiger partial charge in [-0.25, -0.2) is 4.79 Å². The number of nitrogens with zero attached hydrogens (tertiary/aromatic N) is 1. The molecule has 1 fully saturated rings. The fourth-order valence-corrected chi connectivity index (χ4v) is 3.04. The molecule has 0 unspecified atom stereocenters. The van der Waals surface area contributed by atoms with E-state index in [2.05, 4.69) is 16.6 Å². The van der Waals surface area contributed by atoms with E-state index in [9.17, 15) is 4.79 Å². The number of hydrogen-bond donors (Lipinski definition) is 2. The van der Waals surface area contributed by atoms with Gasteiger partial charge in [-0.1, -0.05) is 6.42 Å². The highest BCUT2D eigenvalue weighted by molar-refractivity contribution is 8.00. The van der Waals surface area contributed by atoms with Gasteiger partial charge < -0.3 is 10.4 Å². The van der Waals surface area contributed by atoms with Crippen LogP contribution in [0.15, 0.2) is 18.3 Å². The molecule has 1 aliphatic carbocycles. The Balaban J connectivity index is 1.81. The molecule has 0 radical (unpaired) electrons. The molecule has 0 aromatic carbocycles. The summed E-state index contributed by atoms with van der Waals surface area (Å²) in [5.41, 5.74) is 1.12. The number of rotatable bonds is 6. The molecule has 2 N–H and O–H groups in total. The van der Waals surface area contributed by atoms with Gasteiger partial charge in [0.1, 0.15) is 0 Å². The summed E-state index contributed by atoms with van der Waals surface area (Å²) in [5.74, 6) is -0.933. The summed E-state index contributed by atoms with van der Waals surface area (Å²) in [7, 11) is 0. The Morgan fingerprint density at radius 2 is 2.33 bits per heavy atom. The lowest BCUT2D eigenvalue weighted by Gasteiger charge is -2.40. The van der Waals surface area contributed by atoms with Crippen LogP contribution in [0.4, 0.5) is 0 Å². The number of pyridine rings is 1. The first-order chi connectivity index (χ1) is 8.65. The van der Waals surface area contributed by atoms with Crippen molar-refractivity contribution in [1.29, 1.82) is 0 Å². The zero-order chi connectivity index (χ0) is 13.0. The minimum Gasteiger partial charge on any atom is -0.478 e. The van der Waals surface area contributed by atoms with E-state index < -0.39 is 5.97 Å². The monoisotopic (exact) mass is 266 g/mol. The lowest BCUT2D eigenvalue weighted by atomic mass is 9.84. The van der Waals surface area contributed by atoms with E-state index in [-0.39, 0.29) is 5.56 Å². The van der Waals surface area contributed by atoms with Crippen molar-refractivity contribution in [3.63, 3.8) is 0 Å². The van der Waals surface area contributed by atoms with Crippen LogP contribution in [0.2, 0.25) is 0 Å². The van der Waals surface area contributed by atoms with Crippen LogP contribution in [-0.2, 0) is 6.54 Å². The Hall–Kier alpha value is -1.07. The average molecular weight is 266 g/mol. The van der Waals surface area contributed by atoms with Crippen molar-refractivity contribution in [3.8, 4) is 0 Å². The van der Waals surface area contributed by atoms with Gasteiger partial charge in [-0.05, 0) is 31.2 Å². The molecule has 4 nitrogen and oxygen atoms in total. The van der Waals surface area contributed by atoms with Gasteiger partial charge in [-0.3, -0.25) is 4.98 Å². The second-order valence-corrected chi connectivity index (χ2v) is 5.96. The number of carbonyl (C=O) groups is 1. The van der Waals surface area contributed by atoms with Crippen molar-refractivity contribution < 1.29 is 9.90 Å². The van der Waals surface area contributed by atoms with Crippen molar-refractivity contribution in [2.45, 2.75) is 30.6 Å². The first-order valence-electron chi connectivity index (χ1n) is 6.09. The van der Waals surface area contributed by atoms with Crippen molar-refractivity contribution in [2.75, 3.05) is 12.8 Å². The van der Waals surface area contributed by atoms with E-state index in [1.165, 1.54) is 25.5 Å². The summed E-state index contributed by atoms with van der Waals surface area (Å²) < 4.78 is 0.418. The molecule has 5 heteroatoms. The number of aromatic nitrogens is 1. The second-order valence-electron chi connectivity index (χ2n) is 4.69. The van der Waals surface area contributed by atoms with Gasteiger partial charge in [0.25, 0.3) is 0 Å². The normalized spacial score (nSPS) is 17.2. The number of thioether (sulfide) groups is 1. The molecule has 1 saturated carbocycles. The Kier molecular flexibility index (Phi) is 4.24. The Bertz CT molecular complexity index is 410. The molecule has 1 aromatic rings. The fraction of sp³-hybridized carbons (Fsp3) is 0.538. The van der Waals surface area contributed by atoms with Gasteiger partial charge in [0, 0.05) is 24.0 Å². The van der Waals surface area contributed by atoms with Crippen LogP contribution in [0, 0.1) is 0 Å². The molecule has 1 heterocycles. The van der Waals surface area contributed by atoms with Crippen LogP contribution < -0.4 is 5.32 Å². The largest absolute Gasteiger partial charge is 0.478 e. The molecule has 0 aliphatic heterocycles. The minimum absolute atomic E-state index is 0.235.